The van der Waals surface area contributed by atoms with Crippen LogP contribution in [0.2, 0.25) is 0 Å². The van der Waals surface area contributed by atoms with Gasteiger partial charge in [-0.15, -0.1) is 0 Å². The van der Waals surface area contributed by atoms with E-state index in [1.54, 1.807) is 10.9 Å². The van der Waals surface area contributed by atoms with Crippen molar-refractivity contribution in [2.45, 2.75) is 0 Å². The van der Waals surface area contributed by atoms with Crippen molar-refractivity contribution in [3.8, 4) is 16.9 Å². The molecule has 29 heavy (non-hydrogen) atoms. The summed E-state index contributed by atoms with van der Waals surface area (Å²) in [6, 6.07) is 17.4. The van der Waals surface area contributed by atoms with Crippen LogP contribution in [0.3, 0.4) is 0 Å². The van der Waals surface area contributed by atoms with Gasteiger partial charge in [-0.3, -0.25) is 10.1 Å². The number of para-hydroxylation sites is 1. The summed E-state index contributed by atoms with van der Waals surface area (Å²) in [6.07, 6.45) is 1.74. The van der Waals surface area contributed by atoms with Crippen molar-refractivity contribution in [1.29, 1.82) is 0 Å². The number of nitrogens with zero attached hydrogens (tertiary/aromatic N) is 3. The molecule has 1 fully saturated rings. The number of hydrogen-bond acceptors (Lipinski definition) is 4. The maximum absolute atomic E-state index is 13.1. The number of carbonyl (C=O) groups excluding carboxylic acids is 1. The molecule has 0 bridgehead atoms. The minimum absolute atomic E-state index is 0.276. The number of benzene rings is 2. The van der Waals surface area contributed by atoms with E-state index in [9.17, 15) is 4.79 Å². The lowest BCUT2D eigenvalue weighted by Crippen LogP contribution is -2.47. The van der Waals surface area contributed by atoms with Gasteiger partial charge in [-0.2, -0.15) is 5.10 Å². The Balaban J connectivity index is 1.66. The molecule has 1 aliphatic heterocycles. The van der Waals surface area contributed by atoms with Crippen molar-refractivity contribution in [3.05, 3.63) is 70.8 Å². The summed E-state index contributed by atoms with van der Waals surface area (Å²) in [4.78, 5) is 15.0. The van der Waals surface area contributed by atoms with Crippen molar-refractivity contribution in [3.63, 3.8) is 0 Å². The summed E-state index contributed by atoms with van der Waals surface area (Å²) in [5, 5.41) is 7.95. The molecule has 4 rings (SSSR count). The zero-order chi connectivity index (χ0) is 20.2. The standard InChI is InChI=1S/C21H19BrN4O2S/c22-16-8-6-15(7-9-16)19-18(14-26(24-19)17-4-2-1-3-5-17)20(27)23-21(29)25-10-12-28-13-11-25/h1-9,14H,10-13H2,(H,23,27,29). The third kappa shape index (κ3) is 4.55. The van der Waals surface area contributed by atoms with Crippen LogP contribution in [0.15, 0.2) is 65.3 Å². The highest BCUT2D eigenvalue weighted by Crippen LogP contribution is 2.25. The van der Waals surface area contributed by atoms with E-state index < -0.39 is 0 Å². The predicted molar refractivity (Wildman–Crippen MR) is 119 cm³/mol. The molecule has 1 N–H and O–H groups in total. The highest BCUT2D eigenvalue weighted by molar-refractivity contribution is 9.10. The van der Waals surface area contributed by atoms with E-state index in [4.69, 9.17) is 17.0 Å². The van der Waals surface area contributed by atoms with E-state index in [2.05, 4.69) is 26.3 Å². The van der Waals surface area contributed by atoms with Crippen LogP contribution >= 0.6 is 28.1 Å². The molecular weight excluding hydrogens is 452 g/mol. The molecule has 0 radical (unpaired) electrons. The largest absolute Gasteiger partial charge is 0.378 e. The Morgan fingerprint density at radius 1 is 1.07 bits per heavy atom. The first-order valence-corrected chi connectivity index (χ1v) is 10.4. The molecule has 1 aliphatic rings. The van der Waals surface area contributed by atoms with Gasteiger partial charge in [0.05, 0.1) is 24.5 Å². The number of thiocarbonyl (C=S) groups is 1. The summed E-state index contributed by atoms with van der Waals surface area (Å²) in [7, 11) is 0. The smallest absolute Gasteiger partial charge is 0.261 e. The van der Waals surface area contributed by atoms with Gasteiger partial charge in [0.25, 0.3) is 5.91 Å². The number of nitrogens with one attached hydrogen (secondary N) is 1. The van der Waals surface area contributed by atoms with Crippen molar-refractivity contribution in [2.75, 3.05) is 26.3 Å². The number of halogens is 1. The first kappa shape index (κ1) is 19.8. The van der Waals surface area contributed by atoms with E-state index in [1.165, 1.54) is 0 Å². The van der Waals surface area contributed by atoms with Gasteiger partial charge < -0.3 is 9.64 Å². The average molecular weight is 471 g/mol. The molecule has 1 amide bonds. The van der Waals surface area contributed by atoms with Crippen LogP contribution in [-0.2, 0) is 4.74 Å². The summed E-state index contributed by atoms with van der Waals surface area (Å²) in [6.45, 7) is 2.54. The Kier molecular flexibility index (Phi) is 6.03. The van der Waals surface area contributed by atoms with E-state index in [-0.39, 0.29) is 5.91 Å². The fourth-order valence-electron chi connectivity index (χ4n) is 3.08. The molecule has 6 nitrogen and oxygen atoms in total. The molecule has 0 aliphatic carbocycles. The number of ether oxygens (including phenoxy) is 1. The molecule has 1 saturated heterocycles. The Hall–Kier alpha value is -2.55. The van der Waals surface area contributed by atoms with Gasteiger partial charge in [-0.25, -0.2) is 4.68 Å². The molecule has 2 aromatic carbocycles. The molecule has 0 unspecified atom stereocenters. The Bertz CT molecular complexity index is 1010. The third-order valence-corrected chi connectivity index (χ3v) is 5.50. The van der Waals surface area contributed by atoms with Crippen LogP contribution in [0.25, 0.3) is 16.9 Å². The maximum Gasteiger partial charge on any atom is 0.261 e. The second kappa shape index (κ2) is 8.86. The number of amides is 1. The quantitative estimate of drug-likeness (QED) is 0.592. The third-order valence-electron chi connectivity index (χ3n) is 4.62. The Morgan fingerprint density at radius 2 is 1.76 bits per heavy atom. The monoisotopic (exact) mass is 470 g/mol. The van der Waals surface area contributed by atoms with Crippen LogP contribution in [0.5, 0.6) is 0 Å². The second-order valence-electron chi connectivity index (χ2n) is 6.54. The fourth-order valence-corrected chi connectivity index (χ4v) is 3.62. The van der Waals surface area contributed by atoms with Gasteiger partial charge in [-0.05, 0) is 36.5 Å². The minimum Gasteiger partial charge on any atom is -0.378 e. The number of aromatic nitrogens is 2. The van der Waals surface area contributed by atoms with E-state index in [0.29, 0.717) is 42.7 Å². The highest BCUT2D eigenvalue weighted by atomic mass is 79.9. The Morgan fingerprint density at radius 3 is 2.45 bits per heavy atom. The average Bonchev–Trinajstić information content (AvgIpc) is 3.21. The zero-order valence-electron chi connectivity index (χ0n) is 15.5. The number of morpholine rings is 1. The molecule has 1 aromatic heterocycles. The number of carbonyl (C=O) groups is 1. The van der Waals surface area contributed by atoms with Crippen LogP contribution in [0, 0.1) is 0 Å². The topological polar surface area (TPSA) is 59.4 Å². The van der Waals surface area contributed by atoms with E-state index in [1.807, 2.05) is 59.5 Å². The van der Waals surface area contributed by atoms with Crippen LogP contribution < -0.4 is 5.32 Å². The lowest BCUT2D eigenvalue weighted by atomic mass is 10.1. The molecule has 148 valence electrons. The normalized spacial score (nSPS) is 13.9. The molecule has 8 heteroatoms. The fraction of sp³-hybridized carbons (Fsp3) is 0.190. The number of rotatable bonds is 3. The van der Waals surface area contributed by atoms with Crippen LogP contribution in [-0.4, -0.2) is 52.0 Å². The lowest BCUT2D eigenvalue weighted by molar-refractivity contribution is 0.0669. The van der Waals surface area contributed by atoms with Crippen LogP contribution in [0.4, 0.5) is 0 Å². The summed E-state index contributed by atoms with van der Waals surface area (Å²) in [5.74, 6) is -0.276. The zero-order valence-corrected chi connectivity index (χ0v) is 17.9. The first-order valence-electron chi connectivity index (χ1n) is 9.21. The van der Waals surface area contributed by atoms with Gasteiger partial charge in [-0.1, -0.05) is 46.3 Å². The van der Waals surface area contributed by atoms with Crippen molar-refractivity contribution in [2.24, 2.45) is 0 Å². The van der Waals surface area contributed by atoms with E-state index >= 15 is 0 Å². The molecular formula is C21H19BrN4O2S. The van der Waals surface area contributed by atoms with Crippen molar-refractivity contribution >= 4 is 39.2 Å². The summed E-state index contributed by atoms with van der Waals surface area (Å²) in [5.41, 5.74) is 2.79. The molecule has 0 saturated carbocycles. The molecule has 2 heterocycles. The molecule has 0 atom stereocenters. The summed E-state index contributed by atoms with van der Waals surface area (Å²) < 4.78 is 8.02. The maximum atomic E-state index is 13.1. The van der Waals surface area contributed by atoms with Gasteiger partial charge in [0.15, 0.2) is 5.11 Å². The van der Waals surface area contributed by atoms with E-state index in [0.717, 1.165) is 15.7 Å². The summed E-state index contributed by atoms with van der Waals surface area (Å²) >= 11 is 8.88. The first-order chi connectivity index (χ1) is 14.1. The molecule has 3 aromatic rings. The number of hydrogen-bond donors (Lipinski definition) is 1. The lowest BCUT2D eigenvalue weighted by Gasteiger charge is -2.28. The van der Waals surface area contributed by atoms with Crippen LogP contribution in [0.1, 0.15) is 10.4 Å². The SMILES string of the molecule is O=C(NC(=S)N1CCOCC1)c1cn(-c2ccccc2)nc1-c1ccc(Br)cc1. The second-order valence-corrected chi connectivity index (χ2v) is 7.84. The Labute approximate surface area is 182 Å². The molecule has 0 spiro atoms. The van der Waals surface area contributed by atoms with Gasteiger partial charge in [0, 0.05) is 29.3 Å². The van der Waals surface area contributed by atoms with Gasteiger partial charge >= 0.3 is 0 Å². The van der Waals surface area contributed by atoms with Crippen molar-refractivity contribution in [1.82, 2.24) is 20.0 Å². The van der Waals surface area contributed by atoms with Crippen molar-refractivity contribution < 1.29 is 9.53 Å². The van der Waals surface area contributed by atoms with Gasteiger partial charge in [0.2, 0.25) is 0 Å². The highest BCUT2D eigenvalue weighted by Gasteiger charge is 2.22. The minimum atomic E-state index is -0.276. The van der Waals surface area contributed by atoms with Gasteiger partial charge in [0.1, 0.15) is 5.69 Å². The predicted octanol–water partition coefficient (Wildman–Crippen LogP) is 3.65.